The Balaban J connectivity index is 2.53. The quantitative estimate of drug-likeness (QED) is 0.833. The van der Waals surface area contributed by atoms with Crippen molar-refractivity contribution in [1.82, 2.24) is 9.97 Å². The predicted molar refractivity (Wildman–Crippen MR) is 66.5 cm³/mol. The SMILES string of the molecule is CNc1cncc(-c2cc(C)ccc2C)n1. The number of hydrogen-bond acceptors (Lipinski definition) is 3. The van der Waals surface area contributed by atoms with E-state index in [9.17, 15) is 0 Å². The topological polar surface area (TPSA) is 37.8 Å². The minimum atomic E-state index is 0.790. The number of aryl methyl sites for hydroxylation is 2. The Morgan fingerprint density at radius 2 is 1.94 bits per heavy atom. The molecular formula is C13H15N3. The first-order valence-electron chi connectivity index (χ1n) is 5.28. The van der Waals surface area contributed by atoms with Gasteiger partial charge in [0.1, 0.15) is 5.82 Å². The zero-order valence-electron chi connectivity index (χ0n) is 9.78. The molecule has 1 N–H and O–H groups in total. The number of aromatic nitrogens is 2. The molecule has 0 atom stereocenters. The molecule has 0 aliphatic carbocycles. The molecule has 82 valence electrons. The Bertz CT molecular complexity index is 506. The van der Waals surface area contributed by atoms with Crippen molar-refractivity contribution in [2.45, 2.75) is 13.8 Å². The Morgan fingerprint density at radius 1 is 1.12 bits per heavy atom. The number of benzene rings is 1. The standard InChI is InChI=1S/C13H15N3/c1-9-4-5-10(2)11(6-9)12-7-15-8-13(14-3)16-12/h4-8H,1-3H3,(H,14,16). The zero-order valence-corrected chi connectivity index (χ0v) is 9.78. The van der Waals surface area contributed by atoms with Gasteiger partial charge in [-0.3, -0.25) is 4.98 Å². The normalized spacial score (nSPS) is 10.2. The van der Waals surface area contributed by atoms with Crippen LogP contribution >= 0.6 is 0 Å². The van der Waals surface area contributed by atoms with Crippen molar-refractivity contribution >= 4 is 5.82 Å². The molecule has 0 radical (unpaired) electrons. The summed E-state index contributed by atoms with van der Waals surface area (Å²) in [4.78, 5) is 8.67. The van der Waals surface area contributed by atoms with Crippen molar-refractivity contribution in [2.24, 2.45) is 0 Å². The maximum absolute atomic E-state index is 4.49. The third kappa shape index (κ3) is 2.03. The van der Waals surface area contributed by atoms with Gasteiger partial charge in [-0.1, -0.05) is 17.7 Å². The van der Waals surface area contributed by atoms with Crippen molar-refractivity contribution < 1.29 is 0 Å². The monoisotopic (exact) mass is 213 g/mol. The van der Waals surface area contributed by atoms with Gasteiger partial charge in [-0.2, -0.15) is 0 Å². The summed E-state index contributed by atoms with van der Waals surface area (Å²) < 4.78 is 0. The number of anilines is 1. The summed E-state index contributed by atoms with van der Waals surface area (Å²) in [6.45, 7) is 4.17. The van der Waals surface area contributed by atoms with Crippen molar-refractivity contribution in [1.29, 1.82) is 0 Å². The molecule has 16 heavy (non-hydrogen) atoms. The van der Waals surface area contributed by atoms with E-state index in [4.69, 9.17) is 0 Å². The molecule has 0 spiro atoms. The summed E-state index contributed by atoms with van der Waals surface area (Å²) >= 11 is 0. The maximum atomic E-state index is 4.49. The van der Waals surface area contributed by atoms with Crippen LogP contribution in [0.4, 0.5) is 5.82 Å². The second-order valence-corrected chi connectivity index (χ2v) is 3.86. The number of nitrogens with zero attached hydrogens (tertiary/aromatic N) is 2. The van der Waals surface area contributed by atoms with Crippen molar-refractivity contribution in [2.75, 3.05) is 12.4 Å². The molecule has 0 saturated heterocycles. The Morgan fingerprint density at radius 3 is 2.69 bits per heavy atom. The van der Waals surface area contributed by atoms with Crippen molar-refractivity contribution in [3.63, 3.8) is 0 Å². The largest absolute Gasteiger partial charge is 0.372 e. The van der Waals surface area contributed by atoms with E-state index in [-0.39, 0.29) is 0 Å². The minimum Gasteiger partial charge on any atom is -0.372 e. The smallest absolute Gasteiger partial charge is 0.144 e. The molecule has 0 saturated carbocycles. The Labute approximate surface area is 95.6 Å². The van der Waals surface area contributed by atoms with Crippen LogP contribution in [0.5, 0.6) is 0 Å². The fraction of sp³-hybridized carbons (Fsp3) is 0.231. The van der Waals surface area contributed by atoms with Crippen molar-refractivity contribution in [3.8, 4) is 11.3 Å². The zero-order chi connectivity index (χ0) is 11.5. The average molecular weight is 213 g/mol. The van der Waals surface area contributed by atoms with Gasteiger partial charge in [-0.05, 0) is 25.5 Å². The minimum absolute atomic E-state index is 0.790. The molecule has 0 aliphatic rings. The first-order valence-corrected chi connectivity index (χ1v) is 5.28. The molecule has 2 aromatic rings. The second-order valence-electron chi connectivity index (χ2n) is 3.86. The van der Waals surface area contributed by atoms with Crippen LogP contribution in [0.2, 0.25) is 0 Å². The van der Waals surface area contributed by atoms with Crippen LogP contribution in [-0.4, -0.2) is 17.0 Å². The lowest BCUT2D eigenvalue weighted by atomic mass is 10.0. The average Bonchev–Trinajstić information content (AvgIpc) is 2.32. The second kappa shape index (κ2) is 4.31. The van der Waals surface area contributed by atoms with Gasteiger partial charge in [-0.15, -0.1) is 0 Å². The van der Waals surface area contributed by atoms with Gasteiger partial charge in [0.15, 0.2) is 0 Å². The van der Waals surface area contributed by atoms with Gasteiger partial charge in [-0.25, -0.2) is 4.98 Å². The fourth-order valence-electron chi connectivity index (χ4n) is 1.63. The summed E-state index contributed by atoms with van der Waals surface area (Å²) in [6, 6.07) is 6.35. The van der Waals surface area contributed by atoms with Gasteiger partial charge in [0.25, 0.3) is 0 Å². The van der Waals surface area contributed by atoms with Gasteiger partial charge >= 0.3 is 0 Å². The summed E-state index contributed by atoms with van der Waals surface area (Å²) in [5.74, 6) is 0.790. The highest BCUT2D eigenvalue weighted by atomic mass is 15.0. The molecule has 3 nitrogen and oxygen atoms in total. The van der Waals surface area contributed by atoms with Gasteiger partial charge in [0.2, 0.25) is 0 Å². The first-order chi connectivity index (χ1) is 7.70. The summed E-state index contributed by atoms with van der Waals surface area (Å²) in [6.07, 6.45) is 3.51. The van der Waals surface area contributed by atoms with E-state index >= 15 is 0 Å². The highest BCUT2D eigenvalue weighted by molar-refractivity contribution is 5.64. The third-order valence-electron chi connectivity index (χ3n) is 2.56. The summed E-state index contributed by atoms with van der Waals surface area (Å²) in [7, 11) is 1.84. The highest BCUT2D eigenvalue weighted by Gasteiger charge is 2.04. The number of nitrogens with one attached hydrogen (secondary N) is 1. The number of hydrogen-bond donors (Lipinski definition) is 1. The highest BCUT2D eigenvalue weighted by Crippen LogP contribution is 2.22. The van der Waals surface area contributed by atoms with Crippen LogP contribution in [-0.2, 0) is 0 Å². The number of rotatable bonds is 2. The van der Waals surface area contributed by atoms with Crippen LogP contribution in [0.15, 0.2) is 30.6 Å². The molecule has 2 rings (SSSR count). The fourth-order valence-corrected chi connectivity index (χ4v) is 1.63. The van der Waals surface area contributed by atoms with E-state index in [1.165, 1.54) is 11.1 Å². The predicted octanol–water partition coefficient (Wildman–Crippen LogP) is 2.80. The van der Waals surface area contributed by atoms with Gasteiger partial charge in [0.05, 0.1) is 18.1 Å². The third-order valence-corrected chi connectivity index (χ3v) is 2.56. The van der Waals surface area contributed by atoms with Crippen LogP contribution in [0.3, 0.4) is 0 Å². The molecule has 0 aliphatic heterocycles. The molecule has 0 unspecified atom stereocenters. The molecule has 1 aromatic carbocycles. The lowest BCUT2D eigenvalue weighted by Gasteiger charge is -2.07. The van der Waals surface area contributed by atoms with Gasteiger partial charge in [0, 0.05) is 12.6 Å². The van der Waals surface area contributed by atoms with Crippen LogP contribution in [0.25, 0.3) is 11.3 Å². The molecule has 0 fully saturated rings. The van der Waals surface area contributed by atoms with E-state index in [2.05, 4.69) is 47.3 Å². The Kier molecular flexibility index (Phi) is 2.86. The maximum Gasteiger partial charge on any atom is 0.144 e. The molecule has 1 aromatic heterocycles. The summed E-state index contributed by atoms with van der Waals surface area (Å²) in [5, 5.41) is 3.00. The van der Waals surface area contributed by atoms with Crippen LogP contribution in [0.1, 0.15) is 11.1 Å². The van der Waals surface area contributed by atoms with E-state index in [1.807, 2.05) is 7.05 Å². The lowest BCUT2D eigenvalue weighted by molar-refractivity contribution is 1.18. The first kappa shape index (κ1) is 10.6. The Hall–Kier alpha value is -1.90. The lowest BCUT2D eigenvalue weighted by Crippen LogP contribution is -1.96. The molecule has 1 heterocycles. The van der Waals surface area contributed by atoms with Crippen LogP contribution in [0, 0.1) is 13.8 Å². The van der Waals surface area contributed by atoms with E-state index in [1.54, 1.807) is 12.4 Å². The van der Waals surface area contributed by atoms with E-state index in [0.717, 1.165) is 17.1 Å². The van der Waals surface area contributed by atoms with Gasteiger partial charge < -0.3 is 5.32 Å². The molecule has 3 heteroatoms. The molecule has 0 amide bonds. The summed E-state index contributed by atoms with van der Waals surface area (Å²) in [5.41, 5.74) is 4.50. The van der Waals surface area contributed by atoms with Crippen LogP contribution < -0.4 is 5.32 Å². The molecular weight excluding hydrogens is 198 g/mol. The molecule has 0 bridgehead atoms. The van der Waals surface area contributed by atoms with E-state index < -0.39 is 0 Å². The van der Waals surface area contributed by atoms with Crippen molar-refractivity contribution in [3.05, 3.63) is 41.7 Å². The van der Waals surface area contributed by atoms with E-state index in [0.29, 0.717) is 0 Å².